The first-order valence-corrected chi connectivity index (χ1v) is 6.73. The van der Waals surface area contributed by atoms with Crippen molar-refractivity contribution in [2.75, 3.05) is 5.32 Å². The third-order valence-corrected chi connectivity index (χ3v) is 3.40. The van der Waals surface area contributed by atoms with Crippen LogP contribution in [-0.2, 0) is 6.18 Å². The molecule has 0 radical (unpaired) electrons. The van der Waals surface area contributed by atoms with E-state index in [4.69, 9.17) is 0 Å². The summed E-state index contributed by atoms with van der Waals surface area (Å²) in [6.07, 6.45) is -2.79. The normalized spacial score (nSPS) is 11.6. The fourth-order valence-corrected chi connectivity index (χ4v) is 2.22. The van der Waals surface area contributed by atoms with E-state index in [2.05, 4.69) is 10.3 Å². The molecule has 1 aromatic heterocycles. The SMILES string of the molecule is Cc1ccc(Nc2ccnc3ccc(C(F)(F)F)cc23)cc1. The summed E-state index contributed by atoms with van der Waals surface area (Å²) in [5.41, 5.74) is 2.37. The minimum absolute atomic E-state index is 0.443. The van der Waals surface area contributed by atoms with Crippen LogP contribution in [0, 0.1) is 6.92 Å². The maximum absolute atomic E-state index is 12.9. The lowest BCUT2D eigenvalue weighted by Crippen LogP contribution is -2.04. The first-order valence-electron chi connectivity index (χ1n) is 6.73. The third kappa shape index (κ3) is 2.88. The van der Waals surface area contributed by atoms with Gasteiger partial charge in [0.25, 0.3) is 0 Å². The Hall–Kier alpha value is -2.56. The van der Waals surface area contributed by atoms with Crippen LogP contribution in [0.2, 0.25) is 0 Å². The molecule has 3 rings (SSSR count). The van der Waals surface area contributed by atoms with Crippen molar-refractivity contribution in [2.45, 2.75) is 13.1 Å². The molecule has 1 N–H and O–H groups in total. The van der Waals surface area contributed by atoms with Gasteiger partial charge in [0.05, 0.1) is 11.1 Å². The summed E-state index contributed by atoms with van der Waals surface area (Å²) in [6.45, 7) is 1.97. The van der Waals surface area contributed by atoms with Gasteiger partial charge in [-0.15, -0.1) is 0 Å². The molecule has 0 saturated heterocycles. The lowest BCUT2D eigenvalue weighted by atomic mass is 10.1. The van der Waals surface area contributed by atoms with E-state index in [1.54, 1.807) is 12.3 Å². The number of halogens is 3. The molecule has 2 nitrogen and oxygen atoms in total. The first-order chi connectivity index (χ1) is 10.4. The largest absolute Gasteiger partial charge is 0.416 e. The number of anilines is 2. The zero-order valence-corrected chi connectivity index (χ0v) is 11.8. The Kier molecular flexibility index (Phi) is 3.48. The van der Waals surface area contributed by atoms with Gasteiger partial charge in [-0.2, -0.15) is 13.2 Å². The molecule has 0 atom stereocenters. The van der Waals surface area contributed by atoms with E-state index >= 15 is 0 Å². The molecule has 0 saturated carbocycles. The summed E-state index contributed by atoms with van der Waals surface area (Å²) in [5, 5.41) is 3.59. The van der Waals surface area contributed by atoms with Gasteiger partial charge in [-0.05, 0) is 43.3 Å². The molecule has 0 aliphatic rings. The van der Waals surface area contributed by atoms with Gasteiger partial charge in [-0.1, -0.05) is 17.7 Å². The average Bonchev–Trinajstić information content (AvgIpc) is 2.48. The van der Waals surface area contributed by atoms with Crippen molar-refractivity contribution in [2.24, 2.45) is 0 Å². The van der Waals surface area contributed by atoms with Gasteiger partial charge in [-0.25, -0.2) is 0 Å². The highest BCUT2D eigenvalue weighted by molar-refractivity contribution is 5.93. The maximum Gasteiger partial charge on any atom is 0.416 e. The molecule has 2 aromatic carbocycles. The van der Waals surface area contributed by atoms with Crippen LogP contribution in [0.1, 0.15) is 11.1 Å². The van der Waals surface area contributed by atoms with Gasteiger partial charge in [0.15, 0.2) is 0 Å². The third-order valence-electron chi connectivity index (χ3n) is 3.40. The Morgan fingerprint density at radius 1 is 0.955 bits per heavy atom. The molecule has 0 unspecified atom stereocenters. The fraction of sp³-hybridized carbons (Fsp3) is 0.118. The summed E-state index contributed by atoms with van der Waals surface area (Å²) in [7, 11) is 0. The summed E-state index contributed by atoms with van der Waals surface area (Å²) < 4.78 is 38.6. The summed E-state index contributed by atoms with van der Waals surface area (Å²) in [5.74, 6) is 0. The van der Waals surface area contributed by atoms with Crippen molar-refractivity contribution in [3.63, 3.8) is 0 Å². The van der Waals surface area contributed by atoms with E-state index in [0.29, 0.717) is 16.6 Å². The van der Waals surface area contributed by atoms with E-state index in [1.807, 2.05) is 31.2 Å². The Bertz CT molecular complexity index is 808. The van der Waals surface area contributed by atoms with E-state index in [-0.39, 0.29) is 0 Å². The van der Waals surface area contributed by atoms with E-state index in [9.17, 15) is 13.2 Å². The van der Waals surface area contributed by atoms with Crippen molar-refractivity contribution in [1.29, 1.82) is 0 Å². The molecule has 5 heteroatoms. The molecular weight excluding hydrogens is 289 g/mol. The maximum atomic E-state index is 12.9. The van der Waals surface area contributed by atoms with Gasteiger partial charge in [-0.3, -0.25) is 4.98 Å². The topological polar surface area (TPSA) is 24.9 Å². The quantitative estimate of drug-likeness (QED) is 0.694. The highest BCUT2D eigenvalue weighted by Gasteiger charge is 2.30. The molecule has 0 amide bonds. The predicted octanol–water partition coefficient (Wildman–Crippen LogP) is 5.31. The number of aromatic nitrogens is 1. The highest BCUT2D eigenvalue weighted by atomic mass is 19.4. The van der Waals surface area contributed by atoms with Gasteiger partial charge in [0.1, 0.15) is 0 Å². The zero-order chi connectivity index (χ0) is 15.7. The molecule has 22 heavy (non-hydrogen) atoms. The van der Waals surface area contributed by atoms with Crippen LogP contribution in [0.25, 0.3) is 10.9 Å². The fourth-order valence-electron chi connectivity index (χ4n) is 2.22. The van der Waals surface area contributed by atoms with Gasteiger partial charge in [0.2, 0.25) is 0 Å². The van der Waals surface area contributed by atoms with Crippen molar-refractivity contribution in [3.8, 4) is 0 Å². The molecule has 0 fully saturated rings. The van der Waals surface area contributed by atoms with Crippen LogP contribution in [0.5, 0.6) is 0 Å². The highest BCUT2D eigenvalue weighted by Crippen LogP contribution is 2.33. The van der Waals surface area contributed by atoms with E-state index < -0.39 is 11.7 Å². The summed E-state index contributed by atoms with van der Waals surface area (Å²) in [6, 6.07) is 12.9. The molecular formula is C17H13F3N2. The number of aryl methyl sites for hydroxylation is 1. The van der Waals surface area contributed by atoms with Gasteiger partial charge >= 0.3 is 6.18 Å². The Morgan fingerprint density at radius 3 is 2.36 bits per heavy atom. The second kappa shape index (κ2) is 5.33. The lowest BCUT2D eigenvalue weighted by molar-refractivity contribution is -0.137. The van der Waals surface area contributed by atoms with Crippen molar-refractivity contribution >= 4 is 22.3 Å². The lowest BCUT2D eigenvalue weighted by Gasteiger charge is -2.12. The Morgan fingerprint density at radius 2 is 1.68 bits per heavy atom. The van der Waals surface area contributed by atoms with E-state index in [0.717, 1.165) is 23.4 Å². The van der Waals surface area contributed by atoms with Crippen molar-refractivity contribution in [1.82, 2.24) is 4.98 Å². The number of fused-ring (bicyclic) bond motifs is 1. The van der Waals surface area contributed by atoms with Crippen LogP contribution in [0.15, 0.2) is 54.7 Å². The monoisotopic (exact) mass is 302 g/mol. The smallest absolute Gasteiger partial charge is 0.355 e. The number of benzene rings is 2. The zero-order valence-electron chi connectivity index (χ0n) is 11.8. The Labute approximate surface area is 125 Å². The first kappa shape index (κ1) is 14.4. The Balaban J connectivity index is 2.06. The molecule has 0 spiro atoms. The van der Waals surface area contributed by atoms with Crippen LogP contribution in [0.3, 0.4) is 0 Å². The molecule has 1 heterocycles. The second-order valence-corrected chi connectivity index (χ2v) is 5.08. The number of nitrogens with zero attached hydrogens (tertiary/aromatic N) is 1. The number of pyridine rings is 1. The van der Waals surface area contributed by atoms with Gasteiger partial charge in [0, 0.05) is 23.0 Å². The average molecular weight is 302 g/mol. The summed E-state index contributed by atoms with van der Waals surface area (Å²) in [4.78, 5) is 4.11. The number of hydrogen-bond donors (Lipinski definition) is 1. The molecule has 0 aliphatic heterocycles. The van der Waals surface area contributed by atoms with E-state index in [1.165, 1.54) is 6.07 Å². The number of alkyl halides is 3. The molecule has 0 aliphatic carbocycles. The van der Waals surface area contributed by atoms with Crippen LogP contribution in [0.4, 0.5) is 24.5 Å². The summed E-state index contributed by atoms with van der Waals surface area (Å²) >= 11 is 0. The molecule has 0 bridgehead atoms. The number of hydrogen-bond acceptors (Lipinski definition) is 2. The van der Waals surface area contributed by atoms with Crippen molar-refractivity contribution in [3.05, 3.63) is 65.9 Å². The van der Waals surface area contributed by atoms with Crippen LogP contribution < -0.4 is 5.32 Å². The predicted molar refractivity (Wildman–Crippen MR) is 81.2 cm³/mol. The second-order valence-electron chi connectivity index (χ2n) is 5.08. The van der Waals surface area contributed by atoms with Crippen molar-refractivity contribution < 1.29 is 13.2 Å². The van der Waals surface area contributed by atoms with Gasteiger partial charge < -0.3 is 5.32 Å². The molecule has 3 aromatic rings. The minimum Gasteiger partial charge on any atom is -0.355 e. The van der Waals surface area contributed by atoms with Crippen LogP contribution in [-0.4, -0.2) is 4.98 Å². The number of nitrogens with one attached hydrogen (secondary N) is 1. The standard InChI is InChI=1S/C17H13F3N2/c1-11-2-5-13(6-3-11)22-16-8-9-21-15-7-4-12(10-14(15)16)17(18,19)20/h2-10H,1H3,(H,21,22). The minimum atomic E-state index is -4.37. The molecule has 112 valence electrons. The van der Waals surface area contributed by atoms with Crippen LogP contribution >= 0.6 is 0 Å². The number of rotatable bonds is 2.